The quantitative estimate of drug-likeness (QED) is 0.320. The number of carbonyl (C=O) groups excluding carboxylic acids is 2. The second kappa shape index (κ2) is 15.2. The molecule has 2 bridgehead atoms. The van der Waals surface area contributed by atoms with E-state index in [2.05, 4.69) is 29.1 Å². The zero-order valence-corrected chi connectivity index (χ0v) is 25.0. The predicted molar refractivity (Wildman–Crippen MR) is 163 cm³/mol. The fourth-order valence-corrected chi connectivity index (χ4v) is 6.86. The SMILES string of the molecule is C=O.CC(N)(Cc1c[nH]c2ncccc12)C(=O)N[C@H](CO)Cc1ccccc1.COC1C(C)CC2CC(C)CC1C2. The summed E-state index contributed by atoms with van der Waals surface area (Å²) in [7, 11) is 1.89. The normalized spacial score (nSPS) is 25.5. The average molecular weight is 565 g/mol. The standard InChI is InChI=1S/C20H24N4O2.C12H22O.CH2O/c1-20(21,11-15-12-23-18-17(15)8-5-9-22-18)19(26)24-16(13-25)10-14-6-3-2-4-7-14;1-8-4-10-6-9(2)12(13-3)11(5-8)7-10;1-2/h2-9,12,16,25H,10-11,13,21H2,1H3,(H,22,23)(H,24,26);8-12H,4-7H2,1-3H3;1H2/t16-,20?;;/m0../s1. The lowest BCUT2D eigenvalue weighted by Gasteiger charge is -2.45. The maximum atomic E-state index is 12.7. The van der Waals surface area contributed by atoms with Gasteiger partial charge in [-0.05, 0) is 86.0 Å². The second-order valence-electron chi connectivity index (χ2n) is 12.2. The molecule has 3 aromatic rings. The number of ether oxygens (including phenoxy) is 1. The van der Waals surface area contributed by atoms with E-state index in [4.69, 9.17) is 15.3 Å². The highest BCUT2D eigenvalue weighted by atomic mass is 16.5. The first-order valence-corrected chi connectivity index (χ1v) is 14.7. The Hall–Kier alpha value is -3.07. The van der Waals surface area contributed by atoms with Gasteiger partial charge in [-0.25, -0.2) is 4.98 Å². The number of aromatic nitrogens is 2. The number of pyridine rings is 1. The molecule has 7 atom stereocenters. The molecule has 41 heavy (non-hydrogen) atoms. The van der Waals surface area contributed by atoms with E-state index in [1.54, 1.807) is 13.1 Å². The number of fused-ring (bicyclic) bond motifs is 3. The molecule has 1 amide bonds. The minimum Gasteiger partial charge on any atom is -0.394 e. The van der Waals surface area contributed by atoms with Crippen LogP contribution in [-0.2, 0) is 27.2 Å². The Labute approximate surface area is 244 Å². The van der Waals surface area contributed by atoms with Crippen molar-refractivity contribution in [1.29, 1.82) is 0 Å². The Bertz CT molecular complexity index is 1210. The molecule has 2 fully saturated rings. The molecule has 6 unspecified atom stereocenters. The van der Waals surface area contributed by atoms with Crippen LogP contribution in [0.5, 0.6) is 0 Å². The van der Waals surface area contributed by atoms with Gasteiger partial charge in [-0.2, -0.15) is 0 Å². The minimum atomic E-state index is -1.10. The maximum absolute atomic E-state index is 12.7. The van der Waals surface area contributed by atoms with Gasteiger partial charge in [0.1, 0.15) is 12.4 Å². The summed E-state index contributed by atoms with van der Waals surface area (Å²) in [5.74, 6) is 3.32. The van der Waals surface area contributed by atoms with Crippen LogP contribution in [0.3, 0.4) is 0 Å². The molecule has 5 rings (SSSR count). The number of methoxy groups -OCH3 is 1. The summed E-state index contributed by atoms with van der Waals surface area (Å²) in [4.78, 5) is 28.1. The molecule has 5 N–H and O–H groups in total. The topological polar surface area (TPSA) is 130 Å². The molecule has 2 aliphatic carbocycles. The van der Waals surface area contributed by atoms with E-state index >= 15 is 0 Å². The van der Waals surface area contributed by atoms with Gasteiger partial charge in [0, 0.05) is 31.3 Å². The Kier molecular flexibility index (Phi) is 12.1. The fraction of sp³-hybridized carbons (Fsp3) is 0.545. The Morgan fingerprint density at radius 1 is 1.17 bits per heavy atom. The Morgan fingerprint density at radius 3 is 2.59 bits per heavy atom. The van der Waals surface area contributed by atoms with E-state index in [-0.39, 0.29) is 18.6 Å². The molecule has 0 aliphatic heterocycles. The maximum Gasteiger partial charge on any atom is 0.240 e. The molecule has 0 spiro atoms. The number of benzene rings is 1. The molecule has 2 heterocycles. The van der Waals surface area contributed by atoms with E-state index in [1.807, 2.05) is 62.6 Å². The third-order valence-corrected chi connectivity index (χ3v) is 8.57. The van der Waals surface area contributed by atoms with Crippen LogP contribution in [0, 0.1) is 23.7 Å². The summed E-state index contributed by atoms with van der Waals surface area (Å²) >= 11 is 0. The molecule has 0 radical (unpaired) electrons. The number of amides is 1. The number of H-pyrrole nitrogens is 1. The van der Waals surface area contributed by atoms with Gasteiger partial charge in [0.2, 0.25) is 5.91 Å². The second-order valence-corrected chi connectivity index (χ2v) is 12.2. The van der Waals surface area contributed by atoms with Gasteiger partial charge in [0.25, 0.3) is 0 Å². The van der Waals surface area contributed by atoms with E-state index in [0.717, 1.165) is 45.8 Å². The Morgan fingerprint density at radius 2 is 1.90 bits per heavy atom. The summed E-state index contributed by atoms with van der Waals surface area (Å²) in [5.41, 5.74) is 7.97. The van der Waals surface area contributed by atoms with Crippen LogP contribution in [0.25, 0.3) is 11.0 Å². The third-order valence-electron chi connectivity index (χ3n) is 8.57. The number of aliphatic hydroxyl groups is 1. The molecular weight excluding hydrogens is 516 g/mol. The van der Waals surface area contributed by atoms with Gasteiger partial charge in [-0.1, -0.05) is 44.2 Å². The van der Waals surface area contributed by atoms with E-state index in [1.165, 1.54) is 25.7 Å². The summed E-state index contributed by atoms with van der Waals surface area (Å²) in [6.45, 7) is 8.33. The average Bonchev–Trinajstić information content (AvgIpc) is 3.36. The van der Waals surface area contributed by atoms with Gasteiger partial charge in [0.15, 0.2) is 0 Å². The third kappa shape index (κ3) is 8.71. The summed E-state index contributed by atoms with van der Waals surface area (Å²) in [6.07, 6.45) is 10.7. The van der Waals surface area contributed by atoms with Crippen LogP contribution in [0.2, 0.25) is 0 Å². The monoisotopic (exact) mass is 564 g/mol. The van der Waals surface area contributed by atoms with Crippen LogP contribution in [0.1, 0.15) is 57.6 Å². The first-order chi connectivity index (χ1) is 19.7. The molecule has 224 valence electrons. The summed E-state index contributed by atoms with van der Waals surface area (Å²) < 4.78 is 5.64. The number of aromatic amines is 1. The number of nitrogens with two attached hydrogens (primary N) is 1. The zero-order chi connectivity index (χ0) is 30.0. The highest BCUT2D eigenvalue weighted by molar-refractivity contribution is 5.88. The van der Waals surface area contributed by atoms with E-state index < -0.39 is 5.54 Å². The van der Waals surface area contributed by atoms with Crippen molar-refractivity contribution in [3.05, 3.63) is 66.0 Å². The molecule has 8 nitrogen and oxygen atoms in total. The lowest BCUT2D eigenvalue weighted by atomic mass is 9.64. The lowest BCUT2D eigenvalue weighted by molar-refractivity contribution is -0.126. The van der Waals surface area contributed by atoms with Crippen molar-refractivity contribution in [3.63, 3.8) is 0 Å². The number of rotatable bonds is 8. The van der Waals surface area contributed by atoms with Crippen LogP contribution in [0.15, 0.2) is 54.9 Å². The van der Waals surface area contributed by atoms with Crippen molar-refractivity contribution >= 4 is 23.7 Å². The van der Waals surface area contributed by atoms with Gasteiger partial charge in [-0.3, -0.25) is 4.79 Å². The fourth-order valence-electron chi connectivity index (χ4n) is 6.86. The lowest BCUT2D eigenvalue weighted by Crippen LogP contribution is -2.56. The molecule has 1 aromatic carbocycles. The van der Waals surface area contributed by atoms with Crippen molar-refractivity contribution in [2.75, 3.05) is 13.7 Å². The Balaban J connectivity index is 0.000000257. The number of hydrogen-bond donors (Lipinski definition) is 4. The number of aliphatic hydroxyl groups excluding tert-OH is 1. The number of hydrogen-bond acceptors (Lipinski definition) is 6. The van der Waals surface area contributed by atoms with E-state index in [9.17, 15) is 9.90 Å². The van der Waals surface area contributed by atoms with Crippen molar-refractivity contribution in [1.82, 2.24) is 15.3 Å². The molecule has 0 saturated heterocycles. The van der Waals surface area contributed by atoms with Gasteiger partial charge in [0.05, 0.1) is 24.3 Å². The van der Waals surface area contributed by atoms with Crippen molar-refractivity contribution in [2.45, 2.75) is 77.0 Å². The molecule has 8 heteroatoms. The number of nitrogens with one attached hydrogen (secondary N) is 2. The predicted octanol–water partition coefficient (Wildman–Crippen LogP) is 4.45. The van der Waals surface area contributed by atoms with Crippen LogP contribution < -0.4 is 11.1 Å². The van der Waals surface area contributed by atoms with Crippen LogP contribution in [0.4, 0.5) is 0 Å². The van der Waals surface area contributed by atoms with Crippen molar-refractivity contribution in [3.8, 4) is 0 Å². The molecule has 2 aromatic heterocycles. The highest BCUT2D eigenvalue weighted by Gasteiger charge is 2.40. The first kappa shape index (κ1) is 32.4. The summed E-state index contributed by atoms with van der Waals surface area (Å²) in [6, 6.07) is 13.2. The minimum absolute atomic E-state index is 0.145. The van der Waals surface area contributed by atoms with Gasteiger partial charge in [-0.15, -0.1) is 0 Å². The smallest absolute Gasteiger partial charge is 0.240 e. The number of carbonyl (C=O) groups is 2. The molecular formula is C33H48N4O4. The first-order valence-electron chi connectivity index (χ1n) is 14.7. The zero-order valence-electron chi connectivity index (χ0n) is 25.0. The van der Waals surface area contributed by atoms with Crippen LogP contribution in [-0.4, -0.2) is 59.2 Å². The van der Waals surface area contributed by atoms with Crippen molar-refractivity contribution < 1.29 is 19.4 Å². The highest BCUT2D eigenvalue weighted by Crippen LogP contribution is 2.45. The van der Waals surface area contributed by atoms with Gasteiger partial charge >= 0.3 is 0 Å². The number of nitrogens with zero attached hydrogens (tertiary/aromatic N) is 1. The molecule has 2 saturated carbocycles. The van der Waals surface area contributed by atoms with Gasteiger partial charge < -0.3 is 30.7 Å². The largest absolute Gasteiger partial charge is 0.394 e. The van der Waals surface area contributed by atoms with E-state index in [0.29, 0.717) is 18.9 Å². The summed E-state index contributed by atoms with van der Waals surface area (Å²) in [5, 5.41) is 13.5. The molecule has 2 aliphatic rings. The van der Waals surface area contributed by atoms with Crippen LogP contribution >= 0.6 is 0 Å². The van der Waals surface area contributed by atoms with Crippen molar-refractivity contribution in [2.24, 2.45) is 29.4 Å².